The number of carbonyl (C=O) groups is 1. The van der Waals surface area contributed by atoms with Gasteiger partial charge in [-0.2, -0.15) is 59.8 Å². The standard InChI is InChI=1S/C27H29N7O2S.C23H26N8O.C23H25N7OS.C22H24N8OS/c1-33-10-12-34(13-11-33)26-30-25(29-24-16-20(17-28-24)23-3-2-14-36-23)31-27(32-26)37-21-8-4-18(5-9-21)15-22(35)19-6-7-19;1-29-10-12-31(13-11-29)23-27-21(25-20-15-17(16-24-20)19-9-6-14-32-19)26-22(28-23)30(2)18-7-4-3-5-8-18;1-16-5-7-18(8-6-16)32-23-27-21(26-22(28-23)30-11-9-29(2)10-12-30)25-20-14-17(15-24-20)19-4-3-13-31-19;1-29-8-10-30(11-9-29)21-26-20(25-19-13-15(14-24-19)18-3-2-12-31-18)27-22(28-21)32-17-6-4-16(23)5-7-17/h2-5,8-9,14,16,19H,6-7,10-13,15,17H2,1H3,(H,28,29,30,31,32);3-9,14-15H,10-13,16H2,1-2H3,(H,24,25,26,27,28);3-8,13-14H,9-12,15H2,1-2H3,(H,24,25,26,27,28);2-7,12-13H,8-11,14,23H2,1H3,(H,24,25,26,27,28). The van der Waals surface area contributed by atoms with Crippen LogP contribution >= 0.6 is 35.3 Å². The number of aliphatic imine (C=N–C) groups is 4. The lowest BCUT2D eigenvalue weighted by atomic mass is 10.1. The number of nitrogens with zero attached hydrogens (tertiary/aromatic N) is 25. The highest BCUT2D eigenvalue weighted by Crippen LogP contribution is 2.36. The first kappa shape index (κ1) is 89.8. The Morgan fingerprint density at radius 3 is 1.02 bits per heavy atom. The summed E-state index contributed by atoms with van der Waals surface area (Å²) in [5.74, 6) is 11.9. The quantitative estimate of drug-likeness (QED) is 0.0371. The molecule has 16 heterocycles. The highest BCUT2D eigenvalue weighted by atomic mass is 32.2. The second kappa shape index (κ2) is 42.6. The van der Waals surface area contributed by atoms with E-state index in [4.69, 9.17) is 73.2 Å². The number of benzene rings is 4. The van der Waals surface area contributed by atoms with Gasteiger partial charge in [0.05, 0.1) is 51.2 Å². The Morgan fingerprint density at radius 1 is 0.376 bits per heavy atom. The summed E-state index contributed by atoms with van der Waals surface area (Å²) >= 11 is 4.51. The third kappa shape index (κ3) is 24.5. The largest absolute Gasteiger partial charge is 0.465 e. The minimum atomic E-state index is 0.285. The first-order valence-corrected chi connectivity index (χ1v) is 46.8. The number of amidine groups is 4. The van der Waals surface area contributed by atoms with Crippen molar-refractivity contribution >= 4 is 152 Å². The molecule has 8 aromatic heterocycles. The van der Waals surface area contributed by atoms with Gasteiger partial charge in [-0.1, -0.05) is 48.0 Å². The van der Waals surface area contributed by atoms with Crippen molar-refractivity contribution in [2.45, 2.75) is 56.3 Å². The predicted molar refractivity (Wildman–Crippen MR) is 525 cm³/mol. The molecule has 682 valence electrons. The highest BCUT2D eigenvalue weighted by Gasteiger charge is 2.31. The number of ketones is 1. The second-order valence-corrected chi connectivity index (χ2v) is 36.3. The van der Waals surface area contributed by atoms with Crippen LogP contribution in [0.2, 0.25) is 0 Å². The van der Waals surface area contributed by atoms with Gasteiger partial charge in [-0.15, -0.1) is 0 Å². The number of nitrogens with two attached hydrogens (primary N) is 1. The van der Waals surface area contributed by atoms with Crippen molar-refractivity contribution in [2.24, 2.45) is 25.9 Å². The van der Waals surface area contributed by atoms with Gasteiger partial charge in [0.2, 0.25) is 53.5 Å². The maximum Gasteiger partial charge on any atom is 0.236 e. The maximum atomic E-state index is 12.2. The molecule has 133 heavy (non-hydrogen) atoms. The molecule has 12 aromatic rings. The number of nitrogens with one attached hydrogen (secondary N) is 4. The number of para-hydroxylation sites is 1. The first-order chi connectivity index (χ1) is 65.0. The van der Waals surface area contributed by atoms with Crippen molar-refractivity contribution in [1.82, 2.24) is 79.4 Å². The number of carbonyl (C=O) groups excluding carboxylic acids is 1. The Labute approximate surface area is 783 Å². The number of furan rings is 4. The van der Waals surface area contributed by atoms with Crippen LogP contribution in [0.3, 0.4) is 0 Å². The van der Waals surface area contributed by atoms with Crippen molar-refractivity contribution in [3.63, 3.8) is 0 Å². The second-order valence-electron chi connectivity index (χ2n) is 33.2. The number of hydrogen-bond acceptors (Lipinski definition) is 38. The van der Waals surface area contributed by atoms with Gasteiger partial charge in [0, 0.05) is 172 Å². The average molecular weight is 1840 g/mol. The molecule has 0 unspecified atom stereocenters. The van der Waals surface area contributed by atoms with Crippen LogP contribution in [0.5, 0.6) is 0 Å². The third-order valence-electron chi connectivity index (χ3n) is 23.1. The number of Topliss-reactive ketones (excluding diaryl/α,β-unsaturated/α-hetero) is 1. The minimum Gasteiger partial charge on any atom is -0.465 e. The molecule has 35 nitrogen and oxygen atoms in total. The van der Waals surface area contributed by atoms with E-state index >= 15 is 0 Å². The van der Waals surface area contributed by atoms with E-state index in [0.717, 1.165) is 200 Å². The fourth-order valence-corrected chi connectivity index (χ4v) is 17.3. The van der Waals surface area contributed by atoms with Crippen LogP contribution in [0.1, 0.15) is 47.0 Å². The topological polar surface area (TPSA) is 377 Å². The van der Waals surface area contributed by atoms with Crippen molar-refractivity contribution in [3.8, 4) is 0 Å². The summed E-state index contributed by atoms with van der Waals surface area (Å²) in [5.41, 5.74) is 13.9. The molecule has 0 spiro atoms. The van der Waals surface area contributed by atoms with Gasteiger partial charge in [0.1, 0.15) is 52.2 Å². The molecule has 1 aliphatic carbocycles. The average Bonchev–Trinajstić information content (AvgIpc) is 1.60. The maximum absolute atomic E-state index is 12.2. The zero-order valence-electron chi connectivity index (χ0n) is 74.9. The molecule has 0 amide bonds. The monoisotopic (exact) mass is 1840 g/mol. The summed E-state index contributed by atoms with van der Waals surface area (Å²) < 4.78 is 22.0. The highest BCUT2D eigenvalue weighted by molar-refractivity contribution is 7.99. The number of aromatic nitrogens is 12. The Morgan fingerprint density at radius 2 is 0.692 bits per heavy atom. The zero-order valence-corrected chi connectivity index (χ0v) is 77.4. The van der Waals surface area contributed by atoms with Crippen LogP contribution in [0.15, 0.2) is 269 Å². The molecule has 4 aromatic carbocycles. The van der Waals surface area contributed by atoms with Gasteiger partial charge in [-0.05, 0) is 222 Å². The predicted octanol–water partition coefficient (Wildman–Crippen LogP) is 13.1. The van der Waals surface area contributed by atoms with Crippen LogP contribution in [-0.2, 0) is 11.2 Å². The first-order valence-electron chi connectivity index (χ1n) is 44.4. The number of piperazine rings is 4. The van der Waals surface area contributed by atoms with Crippen LogP contribution in [0.25, 0.3) is 22.3 Å². The van der Waals surface area contributed by atoms with Gasteiger partial charge < -0.3 is 88.8 Å². The number of nitrogen functional groups attached to an aromatic ring is 1. The lowest BCUT2D eigenvalue weighted by Crippen LogP contribution is -2.45. The lowest BCUT2D eigenvalue weighted by Gasteiger charge is -2.32. The van der Waals surface area contributed by atoms with Gasteiger partial charge in [0.25, 0.3) is 0 Å². The van der Waals surface area contributed by atoms with E-state index in [-0.39, 0.29) is 5.92 Å². The molecule has 4 saturated heterocycles. The summed E-state index contributed by atoms with van der Waals surface area (Å²) in [6.45, 7) is 19.0. The van der Waals surface area contributed by atoms with E-state index in [1.807, 2.05) is 164 Å². The molecule has 38 heteroatoms. The van der Waals surface area contributed by atoms with Crippen molar-refractivity contribution in [2.75, 3.05) is 218 Å². The zero-order chi connectivity index (χ0) is 90.9. The number of hydrogen-bond donors (Lipinski definition) is 5. The van der Waals surface area contributed by atoms with E-state index in [9.17, 15) is 4.79 Å². The van der Waals surface area contributed by atoms with Crippen LogP contribution in [0.4, 0.5) is 64.9 Å². The summed E-state index contributed by atoms with van der Waals surface area (Å²) in [6, 6.07) is 49.5. The summed E-state index contributed by atoms with van der Waals surface area (Å²) in [6.07, 6.45) is 17.1. The Kier molecular flexibility index (Phi) is 28.8. The van der Waals surface area contributed by atoms with Gasteiger partial charge in [0.15, 0.2) is 15.5 Å². The van der Waals surface area contributed by atoms with E-state index < -0.39 is 0 Å². The number of anilines is 11. The molecule has 5 fully saturated rings. The summed E-state index contributed by atoms with van der Waals surface area (Å²) in [5, 5.41) is 15.0. The van der Waals surface area contributed by atoms with Crippen molar-refractivity contribution in [3.05, 3.63) is 235 Å². The van der Waals surface area contributed by atoms with E-state index in [1.165, 1.54) is 40.8 Å². The molecule has 1 saturated carbocycles. The molecule has 9 aliphatic rings. The number of likely N-dealkylation sites (N-methyl/N-ethyl adjacent to an activating group) is 4. The van der Waals surface area contributed by atoms with Crippen molar-refractivity contribution < 1.29 is 22.5 Å². The molecule has 6 N–H and O–H groups in total. The third-order valence-corrected chi connectivity index (χ3v) is 25.7. The molecule has 0 bridgehead atoms. The number of aryl methyl sites for hydroxylation is 1. The SMILES string of the molecule is CN1CCN(c2nc(NC3=NCC(c4ccco4)=C3)nc(N(C)c3ccccc3)n2)CC1.CN1CCN(c2nc(NC3=NCC(c4ccco4)=C3)nc(Sc3ccc(CC(=O)C4CC4)cc3)n2)CC1.CN1CCN(c2nc(NC3=NCC(c4ccco4)=C3)nc(Sc3ccc(N)cc3)n2)CC1.Cc1ccc(Sc2nc(NC3=NCC(c4ccco4)=C3)nc(N3CCN(C)CC3)n2)cc1. The Hall–Kier alpha value is -13.8. The molecule has 0 atom stereocenters. The Bertz CT molecular complexity index is 6040. The Balaban J connectivity index is 0.000000119. The van der Waals surface area contributed by atoms with Crippen LogP contribution in [0, 0.1) is 12.8 Å². The van der Waals surface area contributed by atoms with E-state index in [2.05, 4.69) is 150 Å². The summed E-state index contributed by atoms with van der Waals surface area (Å²) in [4.78, 5) is 110. The lowest BCUT2D eigenvalue weighted by molar-refractivity contribution is -0.119. The minimum absolute atomic E-state index is 0.285. The smallest absolute Gasteiger partial charge is 0.236 e. The molecule has 0 radical (unpaired) electrons. The molecular weight excluding hydrogens is 1740 g/mol. The van der Waals surface area contributed by atoms with Crippen molar-refractivity contribution in [1.29, 1.82) is 0 Å². The van der Waals surface area contributed by atoms with Crippen LogP contribution < -0.4 is 51.5 Å². The molecule has 21 rings (SSSR count). The molecular formula is C95H104N30O5S3. The van der Waals surface area contributed by atoms with Gasteiger partial charge in [-0.3, -0.25) is 24.8 Å². The molecule has 8 aliphatic heterocycles. The fourth-order valence-electron chi connectivity index (χ4n) is 15.1. The normalized spacial score (nSPS) is 17.1. The number of rotatable bonds is 23. The van der Waals surface area contributed by atoms with Gasteiger partial charge >= 0.3 is 0 Å². The fraction of sp³-hybridized carbons (Fsp3) is 0.316. The summed E-state index contributed by atoms with van der Waals surface area (Å²) in [7, 11) is 10.5. The van der Waals surface area contributed by atoms with Crippen LogP contribution in [-0.4, -0.2) is 275 Å². The van der Waals surface area contributed by atoms with E-state index in [1.54, 1.807) is 25.1 Å². The van der Waals surface area contributed by atoms with Gasteiger partial charge in [-0.25, -0.2) is 0 Å². The van der Waals surface area contributed by atoms with E-state index in [0.29, 0.717) is 125 Å².